The highest BCUT2D eigenvalue weighted by Gasteiger charge is 2.49. The van der Waals surface area contributed by atoms with E-state index in [2.05, 4.69) is 33.1 Å². The van der Waals surface area contributed by atoms with Gasteiger partial charge in [-0.15, -0.1) is 18.3 Å². The first kappa shape index (κ1) is 21.1. The Balaban J connectivity index is 1.74. The summed E-state index contributed by atoms with van der Waals surface area (Å²) in [6.45, 7) is 4.96. The van der Waals surface area contributed by atoms with Crippen LogP contribution in [0, 0.1) is 0 Å². The Hall–Kier alpha value is -2.58. The Morgan fingerprint density at radius 3 is 2.76 bits per heavy atom. The Labute approximate surface area is 181 Å². The average Bonchev–Trinajstić information content (AvgIpc) is 2.91. The van der Waals surface area contributed by atoms with Crippen molar-refractivity contribution >= 4 is 51.2 Å². The molecular weight excluding hydrogens is 454 g/mol. The molecule has 6 nitrogen and oxygen atoms in total. The minimum absolute atomic E-state index is 0.366. The van der Waals surface area contributed by atoms with Crippen LogP contribution in [-0.4, -0.2) is 35.0 Å². The molecule has 29 heavy (non-hydrogen) atoms. The number of anilines is 1. The maximum atomic E-state index is 13.0. The number of nitrogens with one attached hydrogen (secondary N) is 2. The van der Waals surface area contributed by atoms with Crippen LogP contribution < -0.4 is 10.6 Å². The van der Waals surface area contributed by atoms with Gasteiger partial charge in [-0.2, -0.15) is 0 Å². The maximum Gasteiger partial charge on any atom is 0.325 e. The molecule has 1 fully saturated rings. The normalized spacial score (nSPS) is 18.5. The van der Waals surface area contributed by atoms with Crippen LogP contribution in [0.2, 0.25) is 0 Å². The van der Waals surface area contributed by atoms with Crippen LogP contribution in [-0.2, 0) is 15.1 Å². The minimum Gasteiger partial charge on any atom is -0.324 e. The largest absolute Gasteiger partial charge is 0.325 e. The summed E-state index contributed by atoms with van der Waals surface area (Å²) in [5.41, 5.74) is 0.0456. The Morgan fingerprint density at radius 2 is 2.03 bits per heavy atom. The van der Waals surface area contributed by atoms with Crippen molar-refractivity contribution in [1.82, 2.24) is 10.2 Å². The van der Waals surface area contributed by atoms with E-state index in [1.54, 1.807) is 37.3 Å². The highest BCUT2D eigenvalue weighted by molar-refractivity contribution is 9.10. The smallest absolute Gasteiger partial charge is 0.324 e. The van der Waals surface area contributed by atoms with Gasteiger partial charge in [0.2, 0.25) is 5.91 Å². The molecular formula is C21H20BrN3O3S. The van der Waals surface area contributed by atoms with Gasteiger partial charge in [0, 0.05) is 15.1 Å². The van der Waals surface area contributed by atoms with Crippen molar-refractivity contribution in [2.75, 3.05) is 17.6 Å². The number of carbonyl (C=O) groups is 3. The summed E-state index contributed by atoms with van der Waals surface area (Å²) in [4.78, 5) is 39.8. The summed E-state index contributed by atoms with van der Waals surface area (Å²) in [5, 5.41) is 5.49. The summed E-state index contributed by atoms with van der Waals surface area (Å²) in [6, 6.07) is 13.9. The van der Waals surface area contributed by atoms with E-state index in [0.717, 1.165) is 14.3 Å². The number of imide groups is 1. The predicted molar refractivity (Wildman–Crippen MR) is 118 cm³/mol. The lowest BCUT2D eigenvalue weighted by Crippen LogP contribution is -2.42. The lowest BCUT2D eigenvalue weighted by molar-refractivity contribution is -0.133. The minimum atomic E-state index is -1.22. The zero-order chi connectivity index (χ0) is 21.0. The topological polar surface area (TPSA) is 78.5 Å². The first-order valence-corrected chi connectivity index (χ1v) is 10.7. The number of nitrogens with zero attached hydrogens (tertiary/aromatic N) is 1. The molecule has 8 heteroatoms. The molecule has 4 amide bonds. The van der Waals surface area contributed by atoms with Crippen LogP contribution in [0.5, 0.6) is 0 Å². The third kappa shape index (κ3) is 4.54. The number of halogens is 1. The number of hydrogen-bond acceptors (Lipinski definition) is 4. The van der Waals surface area contributed by atoms with Crippen LogP contribution in [0.15, 0.2) is 70.6 Å². The molecule has 1 aliphatic rings. The van der Waals surface area contributed by atoms with E-state index in [1.165, 1.54) is 11.8 Å². The van der Waals surface area contributed by atoms with Crippen molar-refractivity contribution in [3.8, 4) is 0 Å². The summed E-state index contributed by atoms with van der Waals surface area (Å²) < 4.78 is 0.795. The zero-order valence-electron chi connectivity index (χ0n) is 15.8. The van der Waals surface area contributed by atoms with E-state index >= 15 is 0 Å². The molecule has 0 spiro atoms. The van der Waals surface area contributed by atoms with Gasteiger partial charge < -0.3 is 10.6 Å². The molecule has 1 aliphatic heterocycles. The number of rotatable bonds is 7. The zero-order valence-corrected chi connectivity index (χ0v) is 18.2. The fourth-order valence-corrected chi connectivity index (χ4v) is 4.16. The van der Waals surface area contributed by atoms with Crippen LogP contribution in [0.1, 0.15) is 12.5 Å². The summed E-state index contributed by atoms with van der Waals surface area (Å²) in [7, 11) is 0. The van der Waals surface area contributed by atoms with E-state index < -0.39 is 23.4 Å². The second-order valence-electron chi connectivity index (χ2n) is 6.60. The summed E-state index contributed by atoms with van der Waals surface area (Å²) in [5.74, 6) is -0.214. The first-order valence-electron chi connectivity index (χ1n) is 8.88. The summed E-state index contributed by atoms with van der Waals surface area (Å²) in [6.07, 6.45) is 1.78. The van der Waals surface area contributed by atoms with Gasteiger partial charge in [0.15, 0.2) is 0 Å². The molecule has 2 aromatic carbocycles. The lowest BCUT2D eigenvalue weighted by atomic mass is 9.92. The van der Waals surface area contributed by atoms with Gasteiger partial charge in [-0.1, -0.05) is 46.3 Å². The number of hydrogen-bond donors (Lipinski definition) is 2. The number of benzene rings is 2. The molecule has 3 rings (SSSR count). The Morgan fingerprint density at radius 1 is 1.28 bits per heavy atom. The molecule has 0 aliphatic carbocycles. The Bertz CT molecular complexity index is 981. The molecule has 2 N–H and O–H groups in total. The van der Waals surface area contributed by atoms with Crippen molar-refractivity contribution in [3.05, 3.63) is 71.2 Å². The molecule has 0 radical (unpaired) electrons. The van der Waals surface area contributed by atoms with Gasteiger partial charge in [-0.05, 0) is 36.8 Å². The number of thioether (sulfide) groups is 1. The maximum absolute atomic E-state index is 13.0. The van der Waals surface area contributed by atoms with E-state index in [4.69, 9.17) is 0 Å². The predicted octanol–water partition coefficient (Wildman–Crippen LogP) is 4.13. The van der Waals surface area contributed by atoms with E-state index in [9.17, 15) is 14.4 Å². The van der Waals surface area contributed by atoms with E-state index in [1.807, 2.05) is 24.3 Å². The van der Waals surface area contributed by atoms with E-state index in [0.29, 0.717) is 17.0 Å². The van der Waals surface area contributed by atoms with Gasteiger partial charge in [-0.3, -0.25) is 14.5 Å². The molecule has 0 aromatic heterocycles. The van der Waals surface area contributed by atoms with Gasteiger partial charge in [0.25, 0.3) is 5.91 Å². The van der Waals surface area contributed by atoms with Crippen LogP contribution in [0.3, 0.4) is 0 Å². The number of para-hydroxylation sites is 1. The number of urea groups is 1. The van der Waals surface area contributed by atoms with Crippen molar-refractivity contribution in [1.29, 1.82) is 0 Å². The second kappa shape index (κ2) is 8.84. The first-order chi connectivity index (χ1) is 13.8. The van der Waals surface area contributed by atoms with E-state index in [-0.39, 0.29) is 6.54 Å². The standard InChI is InChI=1S/C21H20BrN3O3S/c1-3-11-29-17-10-5-4-9-16(17)23-18(26)13-25-19(27)21(2,24-20(25)28)14-7-6-8-15(22)12-14/h3-10,12H,1,11,13H2,2H3,(H,23,26)(H,24,28)/t21-/m0/s1. The fourth-order valence-electron chi connectivity index (χ4n) is 3.01. The Kier molecular flexibility index (Phi) is 6.44. The quantitative estimate of drug-likeness (QED) is 0.359. The van der Waals surface area contributed by atoms with Crippen molar-refractivity contribution in [3.63, 3.8) is 0 Å². The SMILES string of the molecule is C=CCSc1ccccc1NC(=O)CN1C(=O)N[C@@](C)(c2cccc(Br)c2)C1=O. The molecule has 2 aromatic rings. The van der Waals surface area contributed by atoms with Crippen molar-refractivity contribution < 1.29 is 14.4 Å². The fraction of sp³-hybridized carbons (Fsp3) is 0.190. The average molecular weight is 474 g/mol. The number of amides is 4. The van der Waals surface area contributed by atoms with Crippen molar-refractivity contribution in [2.45, 2.75) is 17.4 Å². The lowest BCUT2D eigenvalue weighted by Gasteiger charge is -2.22. The molecule has 1 atom stereocenters. The highest BCUT2D eigenvalue weighted by atomic mass is 79.9. The van der Waals surface area contributed by atoms with Gasteiger partial charge >= 0.3 is 6.03 Å². The van der Waals surface area contributed by atoms with Gasteiger partial charge in [0.05, 0.1) is 5.69 Å². The van der Waals surface area contributed by atoms with Crippen LogP contribution >= 0.6 is 27.7 Å². The molecule has 150 valence electrons. The molecule has 1 heterocycles. The van der Waals surface area contributed by atoms with Crippen LogP contribution in [0.4, 0.5) is 10.5 Å². The second-order valence-corrected chi connectivity index (χ2v) is 8.58. The van der Waals surface area contributed by atoms with Crippen LogP contribution in [0.25, 0.3) is 0 Å². The van der Waals surface area contributed by atoms with Crippen molar-refractivity contribution in [2.24, 2.45) is 0 Å². The molecule has 1 saturated heterocycles. The molecule has 0 unspecified atom stereocenters. The highest BCUT2D eigenvalue weighted by Crippen LogP contribution is 2.31. The summed E-state index contributed by atoms with van der Waals surface area (Å²) >= 11 is 4.91. The monoisotopic (exact) mass is 473 g/mol. The third-order valence-corrected chi connectivity index (χ3v) is 6.06. The number of carbonyl (C=O) groups excluding carboxylic acids is 3. The third-order valence-electron chi connectivity index (χ3n) is 4.50. The van der Waals surface area contributed by atoms with Gasteiger partial charge in [0.1, 0.15) is 12.1 Å². The van der Waals surface area contributed by atoms with Gasteiger partial charge in [-0.25, -0.2) is 4.79 Å². The molecule has 0 saturated carbocycles. The molecule has 0 bridgehead atoms.